The van der Waals surface area contributed by atoms with Gasteiger partial charge in [0.15, 0.2) is 0 Å². The first-order chi connectivity index (χ1) is 9.75. The lowest BCUT2D eigenvalue weighted by Gasteiger charge is -2.11. The van der Waals surface area contributed by atoms with E-state index in [1.807, 2.05) is 55.4 Å². The monoisotopic (exact) mass is 263 g/mol. The Balaban J connectivity index is 2.13. The van der Waals surface area contributed by atoms with Crippen LogP contribution in [0, 0.1) is 0 Å². The lowest BCUT2D eigenvalue weighted by molar-refractivity contribution is 0.580. The second kappa shape index (κ2) is 5.25. The van der Waals surface area contributed by atoms with E-state index in [0.717, 1.165) is 22.8 Å². The maximum Gasteiger partial charge on any atom is 0.203 e. The van der Waals surface area contributed by atoms with Crippen molar-refractivity contribution in [2.24, 2.45) is 0 Å². The molecule has 0 N–H and O–H groups in total. The largest absolute Gasteiger partial charge is 0.440 e. The summed E-state index contributed by atoms with van der Waals surface area (Å²) >= 11 is 0. The Kier molecular flexibility index (Phi) is 3.30. The van der Waals surface area contributed by atoms with Crippen LogP contribution in [-0.2, 0) is 0 Å². The number of anilines is 1. The summed E-state index contributed by atoms with van der Waals surface area (Å²) in [5, 5.41) is 0. The molecule has 2 nitrogen and oxygen atoms in total. The van der Waals surface area contributed by atoms with E-state index >= 15 is 0 Å². The van der Waals surface area contributed by atoms with Crippen molar-refractivity contribution in [2.75, 3.05) is 19.0 Å². The van der Waals surface area contributed by atoms with E-state index in [-0.39, 0.29) is 0 Å². The summed E-state index contributed by atoms with van der Waals surface area (Å²) in [5.74, 6) is 1.78. The second-order valence-corrected chi connectivity index (χ2v) is 4.96. The molecule has 0 saturated carbocycles. The molecule has 20 heavy (non-hydrogen) atoms. The molecule has 1 aromatic heterocycles. The molecule has 0 amide bonds. The van der Waals surface area contributed by atoms with Crippen LogP contribution in [0.5, 0.6) is 0 Å². The summed E-state index contributed by atoms with van der Waals surface area (Å²) in [6.45, 7) is 0. The number of benzene rings is 2. The number of hydrogen-bond donors (Lipinski definition) is 0. The molecule has 0 aliphatic heterocycles. The van der Waals surface area contributed by atoms with Gasteiger partial charge in [-0.3, -0.25) is 0 Å². The lowest BCUT2D eigenvalue weighted by atomic mass is 10.1. The van der Waals surface area contributed by atoms with E-state index in [1.54, 1.807) is 0 Å². The van der Waals surface area contributed by atoms with Crippen molar-refractivity contribution in [3.05, 3.63) is 66.7 Å². The second-order valence-electron chi connectivity index (χ2n) is 4.96. The summed E-state index contributed by atoms with van der Waals surface area (Å²) < 4.78 is 6.04. The quantitative estimate of drug-likeness (QED) is 0.682. The number of furan rings is 1. The SMILES string of the molecule is CN(C)c1oc(-c2ccccc2)cc1-c1ccccc1. The molecule has 0 fully saturated rings. The van der Waals surface area contributed by atoms with Gasteiger partial charge < -0.3 is 9.32 Å². The van der Waals surface area contributed by atoms with Gasteiger partial charge in [0, 0.05) is 25.2 Å². The molecule has 1 heterocycles. The fraction of sp³-hybridized carbons (Fsp3) is 0.111. The zero-order valence-electron chi connectivity index (χ0n) is 11.7. The molecule has 100 valence electrons. The maximum absolute atomic E-state index is 6.04. The first-order valence-electron chi connectivity index (χ1n) is 6.67. The lowest BCUT2D eigenvalue weighted by Crippen LogP contribution is -2.08. The number of rotatable bonds is 3. The van der Waals surface area contributed by atoms with E-state index in [9.17, 15) is 0 Å². The van der Waals surface area contributed by atoms with Gasteiger partial charge in [0.25, 0.3) is 0 Å². The molecule has 0 bridgehead atoms. The minimum Gasteiger partial charge on any atom is -0.440 e. The van der Waals surface area contributed by atoms with Crippen LogP contribution in [0.15, 0.2) is 71.1 Å². The zero-order valence-corrected chi connectivity index (χ0v) is 11.7. The van der Waals surface area contributed by atoms with Crippen molar-refractivity contribution < 1.29 is 4.42 Å². The normalized spacial score (nSPS) is 10.5. The Morgan fingerprint density at radius 3 is 1.85 bits per heavy atom. The highest BCUT2D eigenvalue weighted by atomic mass is 16.4. The molecular formula is C18H17NO. The van der Waals surface area contributed by atoms with Crippen LogP contribution >= 0.6 is 0 Å². The van der Waals surface area contributed by atoms with Gasteiger partial charge in [-0.15, -0.1) is 0 Å². The molecule has 0 aliphatic rings. The molecule has 3 rings (SSSR count). The molecular weight excluding hydrogens is 246 g/mol. The topological polar surface area (TPSA) is 16.4 Å². The Morgan fingerprint density at radius 2 is 1.30 bits per heavy atom. The Bertz CT molecular complexity index is 684. The third-order valence-electron chi connectivity index (χ3n) is 3.26. The van der Waals surface area contributed by atoms with Crippen LogP contribution in [0.1, 0.15) is 0 Å². The Morgan fingerprint density at radius 1 is 0.750 bits per heavy atom. The average molecular weight is 263 g/mol. The summed E-state index contributed by atoms with van der Waals surface area (Å²) in [4.78, 5) is 2.01. The molecule has 0 saturated heterocycles. The third kappa shape index (κ3) is 2.32. The molecule has 0 atom stereocenters. The number of nitrogens with zero attached hydrogens (tertiary/aromatic N) is 1. The summed E-state index contributed by atoms with van der Waals surface area (Å²) in [6, 6.07) is 22.6. The molecule has 0 aliphatic carbocycles. The summed E-state index contributed by atoms with van der Waals surface area (Å²) in [7, 11) is 4.00. The highest BCUT2D eigenvalue weighted by molar-refractivity contribution is 5.79. The van der Waals surface area contributed by atoms with Gasteiger partial charge in [-0.2, -0.15) is 0 Å². The molecule has 0 unspecified atom stereocenters. The smallest absolute Gasteiger partial charge is 0.203 e. The van der Waals surface area contributed by atoms with Crippen molar-refractivity contribution in [3.8, 4) is 22.5 Å². The standard InChI is InChI=1S/C18H17NO/c1-19(2)18-16(14-9-5-3-6-10-14)13-17(20-18)15-11-7-4-8-12-15/h3-13H,1-2H3. The molecule has 2 heteroatoms. The summed E-state index contributed by atoms with van der Waals surface area (Å²) in [6.07, 6.45) is 0. The summed E-state index contributed by atoms with van der Waals surface area (Å²) in [5.41, 5.74) is 3.38. The van der Waals surface area contributed by atoms with Gasteiger partial charge in [0.1, 0.15) is 5.76 Å². The molecule has 3 aromatic rings. The van der Waals surface area contributed by atoms with Crippen molar-refractivity contribution in [1.29, 1.82) is 0 Å². The van der Waals surface area contributed by atoms with Crippen molar-refractivity contribution in [1.82, 2.24) is 0 Å². The van der Waals surface area contributed by atoms with Gasteiger partial charge >= 0.3 is 0 Å². The number of hydrogen-bond acceptors (Lipinski definition) is 2. The van der Waals surface area contributed by atoms with Crippen molar-refractivity contribution in [3.63, 3.8) is 0 Å². The van der Waals surface area contributed by atoms with E-state index in [1.165, 1.54) is 5.56 Å². The molecule has 0 radical (unpaired) electrons. The minimum atomic E-state index is 0.884. The van der Waals surface area contributed by atoms with Crippen LogP contribution in [0.4, 0.5) is 5.88 Å². The first-order valence-corrected chi connectivity index (χ1v) is 6.67. The van der Waals surface area contributed by atoms with Crippen LogP contribution < -0.4 is 4.90 Å². The average Bonchev–Trinajstić information content (AvgIpc) is 2.94. The fourth-order valence-electron chi connectivity index (χ4n) is 2.28. The zero-order chi connectivity index (χ0) is 13.9. The van der Waals surface area contributed by atoms with Gasteiger partial charge in [0.05, 0.1) is 0 Å². The highest BCUT2D eigenvalue weighted by Gasteiger charge is 2.15. The van der Waals surface area contributed by atoms with Crippen LogP contribution in [0.2, 0.25) is 0 Å². The molecule has 0 spiro atoms. The minimum absolute atomic E-state index is 0.884. The van der Waals surface area contributed by atoms with Gasteiger partial charge in [0.2, 0.25) is 5.88 Å². The predicted molar refractivity (Wildman–Crippen MR) is 83.9 cm³/mol. The third-order valence-corrected chi connectivity index (χ3v) is 3.26. The van der Waals surface area contributed by atoms with Crippen LogP contribution in [0.3, 0.4) is 0 Å². The molecule has 2 aromatic carbocycles. The maximum atomic E-state index is 6.04. The highest BCUT2D eigenvalue weighted by Crippen LogP contribution is 2.37. The Labute approximate surface area is 119 Å². The van der Waals surface area contributed by atoms with E-state index in [0.29, 0.717) is 0 Å². The first kappa shape index (κ1) is 12.5. The van der Waals surface area contributed by atoms with Crippen LogP contribution in [0.25, 0.3) is 22.5 Å². The fourth-order valence-corrected chi connectivity index (χ4v) is 2.28. The van der Waals surface area contributed by atoms with Crippen LogP contribution in [-0.4, -0.2) is 14.1 Å². The van der Waals surface area contributed by atoms with Gasteiger partial charge in [-0.1, -0.05) is 60.7 Å². The Hall–Kier alpha value is -2.48. The van der Waals surface area contributed by atoms with E-state index < -0.39 is 0 Å². The van der Waals surface area contributed by atoms with Gasteiger partial charge in [-0.05, 0) is 11.6 Å². The van der Waals surface area contributed by atoms with Gasteiger partial charge in [-0.25, -0.2) is 0 Å². The van der Waals surface area contributed by atoms with Crippen molar-refractivity contribution >= 4 is 5.88 Å². The van der Waals surface area contributed by atoms with E-state index in [2.05, 4.69) is 30.3 Å². The van der Waals surface area contributed by atoms with E-state index in [4.69, 9.17) is 4.42 Å². The predicted octanol–water partition coefficient (Wildman–Crippen LogP) is 4.68. The van der Waals surface area contributed by atoms with Crippen molar-refractivity contribution in [2.45, 2.75) is 0 Å².